The molecule has 5 nitrogen and oxygen atoms in total. The topological polar surface area (TPSA) is 61.8 Å². The lowest BCUT2D eigenvalue weighted by molar-refractivity contribution is -0.169. The van der Waals surface area contributed by atoms with Crippen molar-refractivity contribution in [2.24, 2.45) is 5.92 Å². The quantitative estimate of drug-likeness (QED) is 0.617. The maximum absolute atomic E-state index is 12.4. The predicted octanol–water partition coefficient (Wildman–Crippen LogP) is 2.98. The third kappa shape index (κ3) is 4.34. The monoisotopic (exact) mass is 318 g/mol. The van der Waals surface area contributed by atoms with Crippen molar-refractivity contribution in [3.63, 3.8) is 0 Å². The van der Waals surface area contributed by atoms with Crippen LogP contribution in [0.15, 0.2) is 30.3 Å². The first-order valence-corrected chi connectivity index (χ1v) is 7.73. The molecule has 2 rings (SSSR count). The number of hydrogen-bond acceptors (Lipinski definition) is 5. The second kappa shape index (κ2) is 7.31. The molecule has 1 aromatic rings. The number of esters is 2. The van der Waals surface area contributed by atoms with Gasteiger partial charge in [0.2, 0.25) is 0 Å². The fraction of sp³-hybridized carbons (Fsp3) is 0.444. The molecule has 1 aliphatic rings. The maximum Gasteiger partial charge on any atom is 0.324 e. The first-order valence-electron chi connectivity index (χ1n) is 7.73. The molecule has 1 heterocycles. The van der Waals surface area contributed by atoms with Gasteiger partial charge in [0.05, 0.1) is 12.2 Å². The largest absolute Gasteiger partial charge is 0.484 e. The summed E-state index contributed by atoms with van der Waals surface area (Å²) in [7, 11) is 0. The van der Waals surface area contributed by atoms with Crippen LogP contribution < -0.4 is 4.74 Å². The van der Waals surface area contributed by atoms with Crippen LogP contribution in [0.3, 0.4) is 0 Å². The smallest absolute Gasteiger partial charge is 0.324 e. The Labute approximate surface area is 136 Å². The summed E-state index contributed by atoms with van der Waals surface area (Å²) in [5.41, 5.74) is 0.900. The van der Waals surface area contributed by atoms with Crippen molar-refractivity contribution < 1.29 is 23.8 Å². The summed E-state index contributed by atoms with van der Waals surface area (Å²) in [5.74, 6) is -1.80. The maximum atomic E-state index is 12.4. The summed E-state index contributed by atoms with van der Waals surface area (Å²) in [4.78, 5) is 24.7. The average molecular weight is 318 g/mol. The van der Waals surface area contributed by atoms with Crippen molar-refractivity contribution in [1.29, 1.82) is 0 Å². The molecule has 1 unspecified atom stereocenters. The molecular weight excluding hydrogens is 296 g/mol. The SMILES string of the molecule is CC(C)OC(=O)C(C(=O)OC(C)C)C1C=Cc2ccccc2O1. The standard InChI is InChI=1S/C18H22O5/c1-11(2)21-17(19)16(18(20)22-12(3)4)15-10-9-13-7-5-6-8-14(13)23-15/h5-12,15-16H,1-4H3. The molecule has 0 bridgehead atoms. The molecule has 0 N–H and O–H groups in total. The van der Waals surface area contributed by atoms with E-state index in [1.165, 1.54) is 0 Å². The van der Waals surface area contributed by atoms with E-state index < -0.39 is 24.0 Å². The van der Waals surface area contributed by atoms with Gasteiger partial charge in [0.15, 0.2) is 5.92 Å². The molecular formula is C18H22O5. The van der Waals surface area contributed by atoms with Crippen LogP contribution in [0.25, 0.3) is 6.08 Å². The fourth-order valence-corrected chi connectivity index (χ4v) is 2.26. The lowest BCUT2D eigenvalue weighted by Crippen LogP contribution is -2.42. The molecule has 124 valence electrons. The zero-order valence-electron chi connectivity index (χ0n) is 13.8. The lowest BCUT2D eigenvalue weighted by atomic mass is 9.98. The number of rotatable bonds is 5. The molecule has 5 heteroatoms. The van der Waals surface area contributed by atoms with Crippen molar-refractivity contribution in [3.05, 3.63) is 35.9 Å². The highest BCUT2D eigenvalue weighted by Crippen LogP contribution is 2.29. The average Bonchev–Trinajstić information content (AvgIpc) is 2.45. The Hall–Kier alpha value is -2.30. The Bertz CT molecular complexity index is 581. The van der Waals surface area contributed by atoms with Gasteiger partial charge >= 0.3 is 11.9 Å². The van der Waals surface area contributed by atoms with Crippen LogP contribution in [-0.4, -0.2) is 30.3 Å². The highest BCUT2D eigenvalue weighted by Gasteiger charge is 2.40. The van der Waals surface area contributed by atoms with E-state index in [2.05, 4.69) is 0 Å². The Kier molecular flexibility index (Phi) is 5.42. The minimum absolute atomic E-state index is 0.322. The van der Waals surface area contributed by atoms with Gasteiger partial charge < -0.3 is 14.2 Å². The van der Waals surface area contributed by atoms with Gasteiger partial charge in [0.1, 0.15) is 11.9 Å². The minimum atomic E-state index is -1.15. The minimum Gasteiger partial charge on any atom is -0.484 e. The van der Waals surface area contributed by atoms with E-state index in [4.69, 9.17) is 14.2 Å². The summed E-state index contributed by atoms with van der Waals surface area (Å²) in [5, 5.41) is 0. The Morgan fingerprint density at radius 3 is 2.13 bits per heavy atom. The number of fused-ring (bicyclic) bond motifs is 1. The van der Waals surface area contributed by atoms with Crippen LogP contribution in [0, 0.1) is 5.92 Å². The van der Waals surface area contributed by atoms with Gasteiger partial charge in [0.25, 0.3) is 0 Å². The second-order valence-corrected chi connectivity index (χ2v) is 5.93. The van der Waals surface area contributed by atoms with Crippen LogP contribution in [-0.2, 0) is 19.1 Å². The second-order valence-electron chi connectivity index (χ2n) is 5.93. The Morgan fingerprint density at radius 1 is 1.00 bits per heavy atom. The van der Waals surface area contributed by atoms with Crippen molar-refractivity contribution in [2.45, 2.75) is 46.0 Å². The Balaban J connectivity index is 2.24. The summed E-state index contributed by atoms with van der Waals surface area (Å²) < 4.78 is 16.2. The van der Waals surface area contributed by atoms with E-state index in [0.717, 1.165) is 5.56 Å². The van der Waals surface area contributed by atoms with Crippen LogP contribution in [0.1, 0.15) is 33.3 Å². The van der Waals surface area contributed by atoms with Gasteiger partial charge in [-0.25, -0.2) is 0 Å². The van der Waals surface area contributed by atoms with Crippen LogP contribution in [0.2, 0.25) is 0 Å². The van der Waals surface area contributed by atoms with Gasteiger partial charge in [-0.3, -0.25) is 9.59 Å². The third-order valence-electron chi connectivity index (χ3n) is 3.19. The number of ether oxygens (including phenoxy) is 3. The van der Waals surface area contributed by atoms with E-state index >= 15 is 0 Å². The molecule has 0 fully saturated rings. The van der Waals surface area contributed by atoms with Gasteiger partial charge in [-0.2, -0.15) is 0 Å². The normalized spacial score (nSPS) is 16.2. The molecule has 0 aliphatic carbocycles. The van der Waals surface area contributed by atoms with Crippen molar-refractivity contribution in [3.8, 4) is 5.75 Å². The molecule has 0 saturated carbocycles. The molecule has 23 heavy (non-hydrogen) atoms. The summed E-state index contributed by atoms with van der Waals surface area (Å²) in [6.07, 6.45) is 2.13. The number of carbonyl (C=O) groups excluding carboxylic acids is 2. The highest BCUT2D eigenvalue weighted by molar-refractivity contribution is 5.96. The van der Waals surface area contributed by atoms with Gasteiger partial charge in [-0.05, 0) is 39.8 Å². The first-order chi connectivity index (χ1) is 10.9. The van der Waals surface area contributed by atoms with E-state index in [9.17, 15) is 9.59 Å². The predicted molar refractivity (Wildman–Crippen MR) is 85.8 cm³/mol. The zero-order valence-corrected chi connectivity index (χ0v) is 13.8. The van der Waals surface area contributed by atoms with Crippen molar-refractivity contribution >= 4 is 18.0 Å². The summed E-state index contributed by atoms with van der Waals surface area (Å²) in [6.45, 7) is 6.93. The highest BCUT2D eigenvalue weighted by atomic mass is 16.6. The van der Waals surface area contributed by atoms with Crippen molar-refractivity contribution in [1.82, 2.24) is 0 Å². The number of para-hydroxylation sites is 1. The van der Waals surface area contributed by atoms with E-state index in [-0.39, 0.29) is 12.2 Å². The molecule has 1 aliphatic heterocycles. The number of hydrogen-bond donors (Lipinski definition) is 0. The van der Waals surface area contributed by atoms with Crippen LogP contribution >= 0.6 is 0 Å². The van der Waals surface area contributed by atoms with E-state index in [1.54, 1.807) is 39.8 Å². The van der Waals surface area contributed by atoms with Gasteiger partial charge in [-0.15, -0.1) is 0 Å². The Morgan fingerprint density at radius 2 is 1.57 bits per heavy atom. The number of benzene rings is 1. The molecule has 0 amide bonds. The zero-order chi connectivity index (χ0) is 17.0. The lowest BCUT2D eigenvalue weighted by Gasteiger charge is -2.27. The van der Waals surface area contributed by atoms with Crippen LogP contribution in [0.4, 0.5) is 0 Å². The molecule has 0 saturated heterocycles. The molecule has 0 aromatic heterocycles. The van der Waals surface area contributed by atoms with E-state index in [1.807, 2.05) is 24.3 Å². The first kappa shape index (κ1) is 17.1. The van der Waals surface area contributed by atoms with E-state index in [0.29, 0.717) is 5.75 Å². The van der Waals surface area contributed by atoms with Gasteiger partial charge in [-0.1, -0.05) is 24.3 Å². The summed E-state index contributed by atoms with van der Waals surface area (Å²) >= 11 is 0. The number of carbonyl (C=O) groups is 2. The summed E-state index contributed by atoms with van der Waals surface area (Å²) in [6, 6.07) is 7.42. The fourth-order valence-electron chi connectivity index (χ4n) is 2.26. The van der Waals surface area contributed by atoms with Crippen molar-refractivity contribution in [2.75, 3.05) is 0 Å². The molecule has 1 atom stereocenters. The molecule has 0 spiro atoms. The van der Waals surface area contributed by atoms with Crippen LogP contribution in [0.5, 0.6) is 5.75 Å². The third-order valence-corrected chi connectivity index (χ3v) is 3.19. The molecule has 0 radical (unpaired) electrons. The molecule has 1 aromatic carbocycles. The van der Waals surface area contributed by atoms with Gasteiger partial charge in [0, 0.05) is 5.56 Å².